The van der Waals surface area contributed by atoms with Gasteiger partial charge in [0.15, 0.2) is 6.20 Å². The summed E-state index contributed by atoms with van der Waals surface area (Å²) in [5.41, 5.74) is 0. The van der Waals surface area contributed by atoms with Gasteiger partial charge >= 0.3 is 11.3 Å². The highest BCUT2D eigenvalue weighted by Crippen LogP contribution is 2.48. The maximum atomic E-state index is 13.7. The molecule has 0 atom stereocenters. The highest BCUT2D eigenvalue weighted by atomic mass is 35.5. The Morgan fingerprint density at radius 2 is 1.79 bits per heavy atom. The summed E-state index contributed by atoms with van der Waals surface area (Å²) in [5, 5.41) is -4.00. The third kappa shape index (κ3) is 2.83. The zero-order valence-electron chi connectivity index (χ0n) is 9.16. The van der Waals surface area contributed by atoms with E-state index < -0.39 is 11.3 Å². The highest BCUT2D eigenvalue weighted by Gasteiger charge is 2.63. The van der Waals surface area contributed by atoms with Crippen molar-refractivity contribution in [1.29, 1.82) is 0 Å². The Balaban J connectivity index is 2.19. The third-order valence-electron chi connectivity index (χ3n) is 2.19. The second-order valence-corrected chi connectivity index (χ2v) is 5.15. The first kappa shape index (κ1) is 14.1. The number of aliphatic imine (C=N–C) groups is 1. The molecule has 1 aliphatic rings. The molecule has 1 aromatic rings. The van der Waals surface area contributed by atoms with Crippen LogP contribution in [0.2, 0.25) is 5.02 Å². The molecule has 8 heteroatoms. The minimum atomic E-state index is -4.41. The van der Waals surface area contributed by atoms with E-state index in [9.17, 15) is 17.6 Å². The monoisotopic (exact) mass is 309 g/mol. The Hall–Kier alpha value is -1.30. The Labute approximate surface area is 115 Å². The van der Waals surface area contributed by atoms with Crippen LogP contribution in [-0.4, -0.2) is 22.5 Å². The summed E-state index contributed by atoms with van der Waals surface area (Å²) in [5.74, 6) is 0. The molecule has 0 unspecified atom stereocenters. The van der Waals surface area contributed by atoms with Crippen LogP contribution >= 0.6 is 23.4 Å². The summed E-state index contributed by atoms with van der Waals surface area (Å²) in [6.07, 6.45) is 3.31. The molecule has 1 aromatic carbocycles. The summed E-state index contributed by atoms with van der Waals surface area (Å²) >= 11 is 5.35. The van der Waals surface area contributed by atoms with Crippen molar-refractivity contribution in [2.75, 3.05) is 0 Å². The van der Waals surface area contributed by atoms with E-state index in [-0.39, 0.29) is 21.6 Å². The maximum absolute atomic E-state index is 13.7. The van der Waals surface area contributed by atoms with Crippen molar-refractivity contribution in [3.63, 3.8) is 0 Å². The van der Waals surface area contributed by atoms with E-state index in [2.05, 4.69) is 11.2 Å². The second-order valence-electron chi connectivity index (χ2n) is 3.52. The molecule has 2 rings (SSSR count). The van der Waals surface area contributed by atoms with Crippen LogP contribution in [0.15, 0.2) is 40.4 Å². The number of nitrogens with zero attached hydrogens (tertiary/aromatic N) is 2. The molecule has 1 heterocycles. The van der Waals surface area contributed by atoms with Crippen LogP contribution in [0.4, 0.5) is 17.6 Å². The molecule has 2 nitrogen and oxygen atoms in total. The molecule has 0 saturated heterocycles. The normalized spacial score (nSPS) is 14.9. The lowest BCUT2D eigenvalue weighted by atomic mass is 10.4. The molecule has 19 heavy (non-hydrogen) atoms. The van der Waals surface area contributed by atoms with Gasteiger partial charge < -0.3 is 0 Å². The largest absolute Gasteiger partial charge is 0.421 e. The standard InChI is InChI=1S/C11H6ClF4N2S/c12-8-1-3-9(4-2-8)19-11(15,16)10(13,14)18-6-5-17-7-18/h1-4,6-7H/q+1. The quantitative estimate of drug-likeness (QED) is 0.358. The van der Waals surface area contributed by atoms with E-state index >= 15 is 0 Å². The lowest BCUT2D eigenvalue weighted by Crippen LogP contribution is -2.49. The van der Waals surface area contributed by atoms with Gasteiger partial charge in [0.05, 0.1) is 0 Å². The van der Waals surface area contributed by atoms with E-state index in [4.69, 9.17) is 11.6 Å². The van der Waals surface area contributed by atoms with Gasteiger partial charge in [-0.25, -0.2) is 0 Å². The fourth-order valence-corrected chi connectivity index (χ4v) is 2.16. The number of alkyl halides is 4. The first-order valence-electron chi connectivity index (χ1n) is 4.94. The minimum Gasteiger partial charge on any atom is -0.184 e. The topological polar surface area (TPSA) is 15.6 Å². The summed E-state index contributed by atoms with van der Waals surface area (Å²) < 4.78 is 54.6. The van der Waals surface area contributed by atoms with Gasteiger partial charge in [0, 0.05) is 14.9 Å². The van der Waals surface area contributed by atoms with Gasteiger partial charge in [-0.15, -0.1) is 0 Å². The van der Waals surface area contributed by atoms with Crippen LogP contribution < -0.4 is 0 Å². The van der Waals surface area contributed by atoms with E-state index in [0.717, 1.165) is 0 Å². The fourth-order valence-electron chi connectivity index (χ4n) is 1.24. The van der Waals surface area contributed by atoms with Gasteiger partial charge in [0.2, 0.25) is 6.20 Å². The Bertz CT molecular complexity index is 504. The number of rotatable bonds is 4. The Morgan fingerprint density at radius 3 is 2.32 bits per heavy atom. The molecular formula is C11H6ClF4N2S+. The molecular weight excluding hydrogens is 304 g/mol. The number of benzene rings is 1. The van der Waals surface area contributed by atoms with Crippen LogP contribution in [-0.2, 0) is 0 Å². The van der Waals surface area contributed by atoms with Crippen LogP contribution in [0.1, 0.15) is 0 Å². The molecule has 0 aliphatic carbocycles. The summed E-state index contributed by atoms with van der Waals surface area (Å²) in [7, 11) is 0. The molecule has 0 bridgehead atoms. The Kier molecular flexibility index (Phi) is 3.71. The molecule has 0 radical (unpaired) electrons. The lowest BCUT2D eigenvalue weighted by molar-refractivity contribution is -0.206. The average molecular weight is 310 g/mol. The zero-order chi connectivity index (χ0) is 14.1. The van der Waals surface area contributed by atoms with Crippen LogP contribution in [0.5, 0.6) is 0 Å². The van der Waals surface area contributed by atoms with Gasteiger partial charge in [-0.05, 0) is 36.0 Å². The maximum Gasteiger partial charge on any atom is 0.421 e. The molecule has 0 amide bonds. The predicted octanol–water partition coefficient (Wildman–Crippen LogP) is 4.24. The molecule has 0 saturated carbocycles. The highest BCUT2D eigenvalue weighted by molar-refractivity contribution is 8.00. The zero-order valence-corrected chi connectivity index (χ0v) is 10.7. The lowest BCUT2D eigenvalue weighted by Gasteiger charge is -2.27. The third-order valence-corrected chi connectivity index (χ3v) is 3.45. The van der Waals surface area contributed by atoms with Crippen LogP contribution in [0.25, 0.3) is 0 Å². The van der Waals surface area contributed by atoms with E-state index in [1.54, 1.807) is 0 Å². The second kappa shape index (κ2) is 5.00. The van der Waals surface area contributed by atoms with Crippen LogP contribution in [0.3, 0.4) is 0 Å². The van der Waals surface area contributed by atoms with Crippen molar-refractivity contribution in [1.82, 2.24) is 4.90 Å². The SMILES string of the molecule is FC(F)(Sc1ccc(Cl)cc1)C(F)(F)N1C=[C+]N=C1. The van der Waals surface area contributed by atoms with Crippen molar-refractivity contribution in [2.24, 2.45) is 4.99 Å². The first-order valence-corrected chi connectivity index (χ1v) is 6.13. The van der Waals surface area contributed by atoms with Gasteiger partial charge in [0.1, 0.15) is 0 Å². The smallest absolute Gasteiger partial charge is 0.184 e. The molecule has 0 fully saturated rings. The summed E-state index contributed by atoms with van der Waals surface area (Å²) in [6.45, 7) is 0. The Morgan fingerprint density at radius 1 is 1.16 bits per heavy atom. The van der Waals surface area contributed by atoms with Crippen molar-refractivity contribution >= 4 is 29.7 Å². The first-order chi connectivity index (χ1) is 8.83. The van der Waals surface area contributed by atoms with Crippen LogP contribution in [0, 0.1) is 6.20 Å². The molecule has 0 aromatic heterocycles. The summed E-state index contributed by atoms with van der Waals surface area (Å²) in [4.78, 5) is 3.23. The van der Waals surface area contributed by atoms with E-state index in [1.165, 1.54) is 24.3 Å². The van der Waals surface area contributed by atoms with Gasteiger partial charge in [-0.2, -0.15) is 22.5 Å². The molecule has 0 N–H and O–H groups in total. The molecule has 1 aliphatic heterocycles. The van der Waals surface area contributed by atoms with Gasteiger partial charge in [-0.3, -0.25) is 0 Å². The van der Waals surface area contributed by atoms with E-state index in [0.29, 0.717) is 17.6 Å². The van der Waals surface area contributed by atoms with Crippen molar-refractivity contribution in [2.45, 2.75) is 16.2 Å². The van der Waals surface area contributed by atoms with Gasteiger partial charge in [-0.1, -0.05) is 11.6 Å². The number of halogens is 5. The molecule has 100 valence electrons. The minimum absolute atomic E-state index is 0.0156. The van der Waals surface area contributed by atoms with E-state index in [1.807, 2.05) is 0 Å². The average Bonchev–Trinajstić information content (AvgIpc) is 2.86. The number of thioether (sulfide) groups is 1. The number of hydrogen-bond acceptors (Lipinski definition) is 3. The number of hydrogen-bond donors (Lipinski definition) is 0. The molecule has 0 spiro atoms. The predicted molar refractivity (Wildman–Crippen MR) is 65.3 cm³/mol. The van der Waals surface area contributed by atoms with Gasteiger partial charge in [0.25, 0.3) is 6.34 Å². The fraction of sp³-hybridized carbons (Fsp3) is 0.182. The van der Waals surface area contributed by atoms with Crippen molar-refractivity contribution in [3.05, 3.63) is 41.7 Å². The summed E-state index contributed by atoms with van der Waals surface area (Å²) in [6, 6.07) is 0.782. The van der Waals surface area contributed by atoms with Crippen molar-refractivity contribution < 1.29 is 17.6 Å². The van der Waals surface area contributed by atoms with Crippen molar-refractivity contribution in [3.8, 4) is 0 Å².